The molecular formula is C22H22N2O3S2. The SMILES string of the molecule is CSc1cccc(NC(=O)c2cccc(S(=O)(=O)N(C)c3ccc(C)cc3)c2)c1. The van der Waals surface area contributed by atoms with Crippen molar-refractivity contribution in [3.63, 3.8) is 0 Å². The highest BCUT2D eigenvalue weighted by atomic mass is 32.2. The van der Waals surface area contributed by atoms with Crippen molar-refractivity contribution in [3.8, 4) is 0 Å². The zero-order chi connectivity index (χ0) is 21.0. The number of aryl methyl sites for hydroxylation is 1. The molecule has 5 nitrogen and oxygen atoms in total. The summed E-state index contributed by atoms with van der Waals surface area (Å²) in [5.41, 5.74) is 2.54. The summed E-state index contributed by atoms with van der Waals surface area (Å²) in [6.45, 7) is 1.94. The van der Waals surface area contributed by atoms with Gasteiger partial charge in [-0.3, -0.25) is 9.10 Å². The van der Waals surface area contributed by atoms with E-state index in [4.69, 9.17) is 0 Å². The smallest absolute Gasteiger partial charge is 0.264 e. The lowest BCUT2D eigenvalue weighted by atomic mass is 10.2. The minimum absolute atomic E-state index is 0.0612. The van der Waals surface area contributed by atoms with Crippen molar-refractivity contribution in [2.45, 2.75) is 16.7 Å². The van der Waals surface area contributed by atoms with E-state index >= 15 is 0 Å². The molecule has 0 saturated heterocycles. The maximum Gasteiger partial charge on any atom is 0.264 e. The van der Waals surface area contributed by atoms with Gasteiger partial charge in [0, 0.05) is 23.2 Å². The quantitative estimate of drug-likeness (QED) is 0.575. The van der Waals surface area contributed by atoms with Crippen LogP contribution < -0.4 is 9.62 Å². The number of nitrogens with zero attached hydrogens (tertiary/aromatic N) is 1. The third kappa shape index (κ3) is 4.81. The summed E-state index contributed by atoms with van der Waals surface area (Å²) in [5.74, 6) is -0.363. The molecule has 0 bridgehead atoms. The van der Waals surface area contributed by atoms with Gasteiger partial charge in [-0.1, -0.05) is 29.8 Å². The van der Waals surface area contributed by atoms with Crippen LogP contribution in [0.25, 0.3) is 0 Å². The summed E-state index contributed by atoms with van der Waals surface area (Å²) in [4.78, 5) is 13.7. The first-order chi connectivity index (χ1) is 13.8. The maximum absolute atomic E-state index is 13.0. The monoisotopic (exact) mass is 426 g/mol. The van der Waals surface area contributed by atoms with Crippen LogP contribution >= 0.6 is 11.8 Å². The molecule has 0 unspecified atom stereocenters. The van der Waals surface area contributed by atoms with E-state index in [0.717, 1.165) is 10.5 Å². The summed E-state index contributed by atoms with van der Waals surface area (Å²) >= 11 is 1.58. The number of nitrogens with one attached hydrogen (secondary N) is 1. The summed E-state index contributed by atoms with van der Waals surface area (Å²) in [5, 5.41) is 2.82. The normalized spacial score (nSPS) is 11.1. The Morgan fingerprint density at radius 1 is 0.966 bits per heavy atom. The zero-order valence-electron chi connectivity index (χ0n) is 16.4. The number of hydrogen-bond acceptors (Lipinski definition) is 4. The number of sulfonamides is 1. The third-order valence-electron chi connectivity index (χ3n) is 4.48. The Bertz CT molecular complexity index is 1130. The van der Waals surface area contributed by atoms with Gasteiger partial charge < -0.3 is 5.32 Å². The van der Waals surface area contributed by atoms with E-state index in [1.165, 1.54) is 23.5 Å². The molecule has 0 aliphatic rings. The van der Waals surface area contributed by atoms with Gasteiger partial charge in [0.2, 0.25) is 0 Å². The molecule has 0 aromatic heterocycles. The van der Waals surface area contributed by atoms with Crippen LogP contribution in [0, 0.1) is 6.92 Å². The molecule has 7 heteroatoms. The lowest BCUT2D eigenvalue weighted by Crippen LogP contribution is -2.26. The molecule has 29 heavy (non-hydrogen) atoms. The van der Waals surface area contributed by atoms with Crippen LogP contribution in [-0.4, -0.2) is 27.6 Å². The average Bonchev–Trinajstić information content (AvgIpc) is 2.74. The molecule has 0 aliphatic carbocycles. The van der Waals surface area contributed by atoms with Crippen molar-refractivity contribution in [2.75, 3.05) is 22.9 Å². The molecule has 0 radical (unpaired) electrons. The van der Waals surface area contributed by atoms with Crippen molar-refractivity contribution in [2.24, 2.45) is 0 Å². The average molecular weight is 427 g/mol. The fourth-order valence-corrected chi connectivity index (χ4v) is 4.45. The first-order valence-corrected chi connectivity index (χ1v) is 11.6. The number of thioether (sulfide) groups is 1. The number of carbonyl (C=O) groups excluding carboxylic acids is 1. The fourth-order valence-electron chi connectivity index (χ4n) is 2.75. The Labute approximate surface area is 175 Å². The molecular weight excluding hydrogens is 404 g/mol. The number of amides is 1. The van der Waals surface area contributed by atoms with Crippen LogP contribution in [0.5, 0.6) is 0 Å². The zero-order valence-corrected chi connectivity index (χ0v) is 18.0. The highest BCUT2D eigenvalue weighted by Gasteiger charge is 2.22. The molecule has 1 amide bonds. The van der Waals surface area contributed by atoms with Crippen molar-refractivity contribution in [1.29, 1.82) is 0 Å². The Morgan fingerprint density at radius 3 is 2.34 bits per heavy atom. The van der Waals surface area contributed by atoms with E-state index in [0.29, 0.717) is 11.4 Å². The van der Waals surface area contributed by atoms with Gasteiger partial charge in [0.1, 0.15) is 0 Å². The van der Waals surface area contributed by atoms with E-state index in [1.807, 2.05) is 43.5 Å². The van der Waals surface area contributed by atoms with Crippen molar-refractivity contribution in [1.82, 2.24) is 0 Å². The standard InChI is InChI=1S/C22H22N2O3S2/c1-16-10-12-19(13-11-16)24(2)29(26,27)21-9-4-6-17(14-21)22(25)23-18-7-5-8-20(15-18)28-3/h4-15H,1-3H3,(H,23,25). The molecule has 0 heterocycles. The summed E-state index contributed by atoms with van der Waals surface area (Å²) in [6, 6.07) is 20.7. The number of anilines is 2. The lowest BCUT2D eigenvalue weighted by molar-refractivity contribution is 0.102. The Balaban J connectivity index is 1.85. The minimum atomic E-state index is -3.79. The van der Waals surface area contributed by atoms with Gasteiger partial charge in [0.15, 0.2) is 0 Å². The predicted octanol–water partition coefficient (Wildman–Crippen LogP) is 4.79. The maximum atomic E-state index is 13.0. The second-order valence-electron chi connectivity index (χ2n) is 6.52. The second kappa shape index (κ2) is 8.71. The number of carbonyl (C=O) groups is 1. The molecule has 3 aromatic rings. The molecule has 3 rings (SSSR count). The van der Waals surface area contributed by atoms with E-state index in [-0.39, 0.29) is 16.4 Å². The van der Waals surface area contributed by atoms with Crippen LogP contribution in [0.2, 0.25) is 0 Å². The van der Waals surface area contributed by atoms with Crippen molar-refractivity contribution in [3.05, 3.63) is 83.9 Å². The van der Waals surface area contributed by atoms with Crippen LogP contribution in [0.15, 0.2) is 82.6 Å². The van der Waals surface area contributed by atoms with Gasteiger partial charge in [-0.25, -0.2) is 8.42 Å². The molecule has 150 valence electrons. The molecule has 0 fully saturated rings. The number of hydrogen-bond donors (Lipinski definition) is 1. The van der Waals surface area contributed by atoms with Gasteiger partial charge in [-0.2, -0.15) is 0 Å². The van der Waals surface area contributed by atoms with Crippen molar-refractivity contribution < 1.29 is 13.2 Å². The van der Waals surface area contributed by atoms with Crippen LogP contribution in [0.1, 0.15) is 15.9 Å². The highest BCUT2D eigenvalue weighted by molar-refractivity contribution is 7.98. The lowest BCUT2D eigenvalue weighted by Gasteiger charge is -2.20. The molecule has 0 saturated carbocycles. The van der Waals surface area contributed by atoms with Crippen LogP contribution in [0.3, 0.4) is 0 Å². The van der Waals surface area contributed by atoms with Gasteiger partial charge in [0.05, 0.1) is 10.6 Å². The Kier molecular flexibility index (Phi) is 6.30. The summed E-state index contributed by atoms with van der Waals surface area (Å²) in [7, 11) is -2.29. The summed E-state index contributed by atoms with van der Waals surface area (Å²) in [6.07, 6.45) is 1.96. The number of rotatable bonds is 6. The summed E-state index contributed by atoms with van der Waals surface area (Å²) < 4.78 is 27.3. The molecule has 1 N–H and O–H groups in total. The van der Waals surface area contributed by atoms with E-state index in [9.17, 15) is 13.2 Å². The van der Waals surface area contributed by atoms with E-state index in [2.05, 4.69) is 5.32 Å². The van der Waals surface area contributed by atoms with Gasteiger partial charge in [-0.15, -0.1) is 11.8 Å². The Hall–Kier alpha value is -2.77. The predicted molar refractivity (Wildman–Crippen MR) is 119 cm³/mol. The van der Waals surface area contributed by atoms with Gasteiger partial charge in [-0.05, 0) is 61.7 Å². The van der Waals surface area contributed by atoms with E-state index < -0.39 is 10.0 Å². The highest BCUT2D eigenvalue weighted by Crippen LogP contribution is 2.24. The van der Waals surface area contributed by atoms with Crippen LogP contribution in [0.4, 0.5) is 11.4 Å². The molecule has 0 aliphatic heterocycles. The van der Waals surface area contributed by atoms with E-state index in [1.54, 1.807) is 42.1 Å². The first kappa shape index (κ1) is 21.0. The van der Waals surface area contributed by atoms with Crippen molar-refractivity contribution >= 4 is 39.1 Å². The Morgan fingerprint density at radius 2 is 1.66 bits per heavy atom. The minimum Gasteiger partial charge on any atom is -0.322 e. The third-order valence-corrected chi connectivity index (χ3v) is 6.99. The van der Waals surface area contributed by atoms with Gasteiger partial charge >= 0.3 is 0 Å². The number of benzene rings is 3. The second-order valence-corrected chi connectivity index (χ2v) is 9.37. The fraction of sp³-hybridized carbons (Fsp3) is 0.136. The first-order valence-electron chi connectivity index (χ1n) is 8.92. The molecule has 0 spiro atoms. The molecule has 0 atom stereocenters. The largest absolute Gasteiger partial charge is 0.322 e. The van der Waals surface area contributed by atoms with Gasteiger partial charge in [0.25, 0.3) is 15.9 Å². The molecule has 3 aromatic carbocycles. The topological polar surface area (TPSA) is 66.5 Å². The van der Waals surface area contributed by atoms with Crippen LogP contribution in [-0.2, 0) is 10.0 Å².